The van der Waals surface area contributed by atoms with Gasteiger partial charge in [-0.15, -0.1) is 0 Å². The predicted molar refractivity (Wildman–Crippen MR) is 60.2 cm³/mol. The molecule has 16 heavy (non-hydrogen) atoms. The molecule has 0 aliphatic carbocycles. The Labute approximate surface area is 94.6 Å². The summed E-state index contributed by atoms with van der Waals surface area (Å²) >= 11 is 0. The van der Waals surface area contributed by atoms with E-state index in [0.29, 0.717) is 12.4 Å². The van der Waals surface area contributed by atoms with Crippen molar-refractivity contribution in [3.8, 4) is 0 Å². The highest BCUT2D eigenvalue weighted by molar-refractivity contribution is 5.96. The van der Waals surface area contributed by atoms with Crippen LogP contribution < -0.4 is 5.32 Å². The second-order valence-corrected chi connectivity index (χ2v) is 4.26. The molecule has 1 saturated heterocycles. The second kappa shape index (κ2) is 4.25. The molecule has 2 N–H and O–H groups in total. The molecule has 1 aliphatic rings. The average molecular weight is 223 g/mol. The van der Waals surface area contributed by atoms with Crippen LogP contribution >= 0.6 is 0 Å². The number of carbonyl (C=O) groups excluding carboxylic acids is 1. The van der Waals surface area contributed by atoms with Crippen LogP contribution in [0.5, 0.6) is 0 Å². The van der Waals surface area contributed by atoms with Gasteiger partial charge in [0.25, 0.3) is 5.91 Å². The van der Waals surface area contributed by atoms with Gasteiger partial charge in [-0.05, 0) is 26.2 Å². The minimum absolute atomic E-state index is 0.0936. The molecule has 88 valence electrons. The lowest BCUT2D eigenvalue weighted by atomic mass is 10.0. The molecular weight excluding hydrogens is 206 g/mol. The van der Waals surface area contributed by atoms with Crippen molar-refractivity contribution in [2.75, 3.05) is 11.9 Å². The molecule has 0 radical (unpaired) electrons. The zero-order chi connectivity index (χ0) is 11.6. The van der Waals surface area contributed by atoms with Crippen LogP contribution in [-0.2, 0) is 16.0 Å². The third-order valence-corrected chi connectivity index (χ3v) is 3.04. The number of anilines is 1. The van der Waals surface area contributed by atoms with Crippen molar-refractivity contribution in [2.24, 2.45) is 0 Å². The number of carbonyl (C=O) groups is 1. The summed E-state index contributed by atoms with van der Waals surface area (Å²) < 4.78 is 5.48. The van der Waals surface area contributed by atoms with Crippen molar-refractivity contribution in [2.45, 2.75) is 38.7 Å². The van der Waals surface area contributed by atoms with Crippen molar-refractivity contribution in [3.63, 3.8) is 0 Å². The molecule has 1 aromatic heterocycles. The summed E-state index contributed by atoms with van der Waals surface area (Å²) in [5.41, 5.74) is 0.325. The lowest BCUT2D eigenvalue weighted by molar-refractivity contribution is -0.133. The first-order valence-electron chi connectivity index (χ1n) is 5.63. The Morgan fingerprint density at radius 1 is 1.75 bits per heavy atom. The number of hydrogen-bond donors (Lipinski definition) is 2. The van der Waals surface area contributed by atoms with E-state index in [0.717, 1.165) is 24.8 Å². The Hall–Kier alpha value is -1.36. The summed E-state index contributed by atoms with van der Waals surface area (Å²) in [6.45, 7) is 4.51. The first-order chi connectivity index (χ1) is 7.65. The van der Waals surface area contributed by atoms with Crippen LogP contribution in [0, 0.1) is 0 Å². The number of hydrogen-bond acceptors (Lipinski definition) is 3. The van der Waals surface area contributed by atoms with Gasteiger partial charge in [0.15, 0.2) is 0 Å². The van der Waals surface area contributed by atoms with E-state index in [1.165, 1.54) is 0 Å². The fraction of sp³-hybridized carbons (Fsp3) is 0.636. The molecule has 1 unspecified atom stereocenters. The molecule has 5 heteroatoms. The average Bonchev–Trinajstić information content (AvgIpc) is 2.87. The Morgan fingerprint density at radius 2 is 2.56 bits per heavy atom. The van der Waals surface area contributed by atoms with Crippen LogP contribution in [0.4, 0.5) is 5.82 Å². The van der Waals surface area contributed by atoms with E-state index < -0.39 is 5.60 Å². The van der Waals surface area contributed by atoms with E-state index in [-0.39, 0.29) is 5.91 Å². The lowest BCUT2D eigenvalue weighted by Crippen LogP contribution is -2.39. The number of amides is 1. The maximum Gasteiger partial charge on any atom is 0.257 e. The molecule has 1 amide bonds. The van der Waals surface area contributed by atoms with Crippen molar-refractivity contribution >= 4 is 11.7 Å². The molecule has 1 fully saturated rings. The van der Waals surface area contributed by atoms with Gasteiger partial charge in [-0.25, -0.2) is 0 Å². The first kappa shape index (κ1) is 11.1. The Balaban J connectivity index is 2.07. The number of ether oxygens (including phenoxy) is 1. The van der Waals surface area contributed by atoms with Crippen molar-refractivity contribution < 1.29 is 9.53 Å². The molecule has 0 bridgehead atoms. The Kier molecular flexibility index (Phi) is 2.96. The minimum atomic E-state index is -0.684. The summed E-state index contributed by atoms with van der Waals surface area (Å²) in [6, 6.07) is 0. The fourth-order valence-corrected chi connectivity index (χ4v) is 1.89. The number of nitrogens with zero attached hydrogens (tertiary/aromatic N) is 1. The van der Waals surface area contributed by atoms with E-state index in [4.69, 9.17) is 4.74 Å². The number of aromatic amines is 1. The van der Waals surface area contributed by atoms with Gasteiger partial charge in [-0.1, -0.05) is 6.92 Å². The van der Waals surface area contributed by atoms with Crippen LogP contribution in [0.2, 0.25) is 0 Å². The molecule has 5 nitrogen and oxygen atoms in total. The van der Waals surface area contributed by atoms with Gasteiger partial charge >= 0.3 is 0 Å². The quantitative estimate of drug-likeness (QED) is 0.815. The summed E-state index contributed by atoms with van der Waals surface area (Å²) in [6.07, 6.45) is 4.28. The van der Waals surface area contributed by atoms with Gasteiger partial charge in [0.1, 0.15) is 11.4 Å². The summed E-state index contributed by atoms with van der Waals surface area (Å²) in [7, 11) is 0. The molecule has 1 aliphatic heterocycles. The third-order valence-electron chi connectivity index (χ3n) is 3.04. The number of aromatic nitrogens is 2. The largest absolute Gasteiger partial charge is 0.365 e. The highest BCUT2D eigenvalue weighted by Crippen LogP contribution is 2.26. The molecule has 0 saturated carbocycles. The number of H-pyrrole nitrogens is 1. The molecule has 1 atom stereocenters. The maximum absolute atomic E-state index is 12.0. The highest BCUT2D eigenvalue weighted by atomic mass is 16.5. The van der Waals surface area contributed by atoms with Crippen LogP contribution in [0.3, 0.4) is 0 Å². The zero-order valence-corrected chi connectivity index (χ0v) is 9.67. The Morgan fingerprint density at radius 3 is 3.19 bits per heavy atom. The normalized spacial score (nSPS) is 24.6. The molecule has 2 heterocycles. The van der Waals surface area contributed by atoms with Crippen LogP contribution in [0.15, 0.2) is 6.20 Å². The number of aryl methyl sites for hydroxylation is 1. The molecule has 2 rings (SSSR count). The van der Waals surface area contributed by atoms with Gasteiger partial charge in [0.05, 0.1) is 6.20 Å². The predicted octanol–water partition coefficient (Wildman–Crippen LogP) is 1.48. The van der Waals surface area contributed by atoms with Gasteiger partial charge in [-0.2, -0.15) is 5.10 Å². The highest BCUT2D eigenvalue weighted by Gasteiger charge is 2.38. The van der Waals surface area contributed by atoms with Crippen LogP contribution in [0.25, 0.3) is 0 Å². The monoisotopic (exact) mass is 223 g/mol. The molecular formula is C11H17N3O2. The van der Waals surface area contributed by atoms with Gasteiger partial charge in [0, 0.05) is 12.2 Å². The van der Waals surface area contributed by atoms with Crippen molar-refractivity contribution in [1.82, 2.24) is 10.2 Å². The minimum Gasteiger partial charge on any atom is -0.365 e. The Bertz CT molecular complexity index is 380. The van der Waals surface area contributed by atoms with Gasteiger partial charge in [-0.3, -0.25) is 9.89 Å². The molecule has 1 aromatic rings. The van der Waals surface area contributed by atoms with Crippen molar-refractivity contribution in [1.29, 1.82) is 0 Å². The van der Waals surface area contributed by atoms with E-state index in [1.54, 1.807) is 6.20 Å². The van der Waals surface area contributed by atoms with Crippen LogP contribution in [0.1, 0.15) is 32.3 Å². The molecule has 0 aromatic carbocycles. The fourth-order valence-electron chi connectivity index (χ4n) is 1.89. The lowest BCUT2D eigenvalue weighted by Gasteiger charge is -2.21. The van der Waals surface area contributed by atoms with Gasteiger partial charge in [0.2, 0.25) is 0 Å². The smallest absolute Gasteiger partial charge is 0.257 e. The summed E-state index contributed by atoms with van der Waals surface area (Å²) in [5, 5.41) is 9.55. The van der Waals surface area contributed by atoms with Crippen molar-refractivity contribution in [3.05, 3.63) is 11.8 Å². The number of nitrogens with one attached hydrogen (secondary N) is 2. The SMILES string of the molecule is CCc1cn[nH]c1NC(=O)C1(C)CCCO1. The van der Waals surface area contributed by atoms with Gasteiger partial charge < -0.3 is 10.1 Å². The van der Waals surface area contributed by atoms with E-state index in [9.17, 15) is 4.79 Å². The third kappa shape index (κ3) is 1.95. The standard InChI is InChI=1S/C11H17N3O2/c1-3-8-7-12-14-9(8)13-10(15)11(2)5-4-6-16-11/h7H,3-6H2,1-2H3,(H2,12,13,14,15). The van der Waals surface area contributed by atoms with Crippen LogP contribution in [-0.4, -0.2) is 28.3 Å². The van der Waals surface area contributed by atoms with E-state index in [1.807, 2.05) is 13.8 Å². The maximum atomic E-state index is 12.0. The first-order valence-corrected chi connectivity index (χ1v) is 5.63. The zero-order valence-electron chi connectivity index (χ0n) is 9.67. The number of rotatable bonds is 3. The summed E-state index contributed by atoms with van der Waals surface area (Å²) in [5.74, 6) is 0.591. The van der Waals surface area contributed by atoms with E-state index in [2.05, 4.69) is 15.5 Å². The summed E-state index contributed by atoms with van der Waals surface area (Å²) in [4.78, 5) is 12.0. The second-order valence-electron chi connectivity index (χ2n) is 4.26. The van der Waals surface area contributed by atoms with E-state index >= 15 is 0 Å². The molecule has 0 spiro atoms. The topological polar surface area (TPSA) is 67.0 Å².